The number of nitrogens with zero attached hydrogens (tertiary/aromatic N) is 2. The number of hydrogen-bond acceptors (Lipinski definition) is 5. The van der Waals surface area contributed by atoms with Gasteiger partial charge in [0.15, 0.2) is 5.69 Å². The molecular formula is C12H20N4O3. The van der Waals surface area contributed by atoms with Crippen LogP contribution < -0.4 is 11.1 Å². The van der Waals surface area contributed by atoms with Crippen molar-refractivity contribution in [3.05, 3.63) is 11.9 Å². The molecule has 1 rings (SSSR count). The number of nitrogens with one attached hydrogen (secondary N) is 1. The fraction of sp³-hybridized carbons (Fsp3) is 0.583. The van der Waals surface area contributed by atoms with E-state index >= 15 is 0 Å². The zero-order valence-electron chi connectivity index (χ0n) is 11.6. The van der Waals surface area contributed by atoms with Crippen molar-refractivity contribution in [3.63, 3.8) is 0 Å². The topological polar surface area (TPSA) is 99.2 Å². The first-order valence-corrected chi connectivity index (χ1v) is 6.07. The van der Waals surface area contributed by atoms with Crippen molar-refractivity contribution >= 4 is 17.6 Å². The van der Waals surface area contributed by atoms with Crippen molar-refractivity contribution in [2.24, 2.45) is 5.92 Å². The highest BCUT2D eigenvalue weighted by molar-refractivity contribution is 5.92. The number of nitrogens with two attached hydrogens (primary N) is 1. The first-order valence-electron chi connectivity index (χ1n) is 6.07. The lowest BCUT2D eigenvalue weighted by Crippen LogP contribution is -2.33. The fourth-order valence-electron chi connectivity index (χ4n) is 1.43. The Hall–Kier alpha value is -2.05. The van der Waals surface area contributed by atoms with Crippen LogP contribution in [0.3, 0.4) is 0 Å². The van der Waals surface area contributed by atoms with Crippen molar-refractivity contribution in [1.82, 2.24) is 15.1 Å². The first kappa shape index (κ1) is 15.0. The number of ether oxygens (including phenoxy) is 1. The summed E-state index contributed by atoms with van der Waals surface area (Å²) in [5, 5.41) is 6.78. The van der Waals surface area contributed by atoms with Crippen LogP contribution in [0.2, 0.25) is 0 Å². The number of hydrogen-bond donors (Lipinski definition) is 2. The quantitative estimate of drug-likeness (QED) is 0.761. The highest BCUT2D eigenvalue weighted by Crippen LogP contribution is 2.14. The van der Waals surface area contributed by atoms with E-state index in [1.165, 1.54) is 18.0 Å². The third-order valence-electron chi connectivity index (χ3n) is 2.60. The number of rotatable bonds is 5. The molecule has 1 aromatic rings. The van der Waals surface area contributed by atoms with E-state index in [0.29, 0.717) is 12.5 Å². The summed E-state index contributed by atoms with van der Waals surface area (Å²) < 4.78 is 5.91. The molecular weight excluding hydrogens is 248 g/mol. The molecule has 0 radical (unpaired) electrons. The summed E-state index contributed by atoms with van der Waals surface area (Å²) >= 11 is 0. The summed E-state index contributed by atoms with van der Waals surface area (Å²) in [7, 11) is 1.25. The van der Waals surface area contributed by atoms with E-state index in [1.54, 1.807) is 6.92 Å². The predicted molar refractivity (Wildman–Crippen MR) is 70.5 cm³/mol. The minimum atomic E-state index is -0.619. The Balaban J connectivity index is 2.80. The second-order valence-corrected chi connectivity index (χ2v) is 4.72. The number of nitrogen functional groups attached to an aromatic ring is 1. The van der Waals surface area contributed by atoms with Crippen LogP contribution in [0, 0.1) is 5.92 Å². The van der Waals surface area contributed by atoms with Gasteiger partial charge in [-0.25, -0.2) is 4.79 Å². The van der Waals surface area contributed by atoms with E-state index in [4.69, 9.17) is 5.73 Å². The standard InChI is InChI=1S/C12H20N4O3/c1-7(2)5-14-11(17)8(3)16-6-9(13)10(15-16)12(18)19-4/h6-8H,5,13H2,1-4H3,(H,14,17). The molecule has 7 heteroatoms. The number of esters is 1. The van der Waals surface area contributed by atoms with Gasteiger partial charge in [-0.3, -0.25) is 9.48 Å². The molecule has 1 atom stereocenters. The van der Waals surface area contributed by atoms with Crippen molar-refractivity contribution in [2.45, 2.75) is 26.8 Å². The molecule has 1 amide bonds. The second-order valence-electron chi connectivity index (χ2n) is 4.72. The van der Waals surface area contributed by atoms with Crippen LogP contribution in [0.15, 0.2) is 6.20 Å². The molecule has 19 heavy (non-hydrogen) atoms. The van der Waals surface area contributed by atoms with Gasteiger partial charge in [-0.2, -0.15) is 5.10 Å². The van der Waals surface area contributed by atoms with Gasteiger partial charge in [0, 0.05) is 12.7 Å². The van der Waals surface area contributed by atoms with Gasteiger partial charge in [-0.05, 0) is 12.8 Å². The Labute approximate surface area is 112 Å². The van der Waals surface area contributed by atoms with Gasteiger partial charge in [0.25, 0.3) is 0 Å². The number of methoxy groups -OCH3 is 1. The van der Waals surface area contributed by atoms with Gasteiger partial charge in [-0.15, -0.1) is 0 Å². The molecule has 1 heterocycles. The highest BCUT2D eigenvalue weighted by atomic mass is 16.5. The Bertz CT molecular complexity index is 468. The highest BCUT2D eigenvalue weighted by Gasteiger charge is 2.21. The van der Waals surface area contributed by atoms with Gasteiger partial charge in [0.05, 0.1) is 12.8 Å². The Morgan fingerprint density at radius 2 is 2.11 bits per heavy atom. The molecule has 0 saturated heterocycles. The van der Waals surface area contributed by atoms with Crippen LogP contribution in [0.5, 0.6) is 0 Å². The molecule has 7 nitrogen and oxygen atoms in total. The van der Waals surface area contributed by atoms with E-state index in [1.807, 2.05) is 13.8 Å². The van der Waals surface area contributed by atoms with Crippen LogP contribution in [0.25, 0.3) is 0 Å². The summed E-state index contributed by atoms with van der Waals surface area (Å²) in [6.45, 7) is 6.28. The molecule has 3 N–H and O–H groups in total. The monoisotopic (exact) mass is 268 g/mol. The molecule has 0 fully saturated rings. The van der Waals surface area contributed by atoms with E-state index < -0.39 is 12.0 Å². The molecule has 1 aromatic heterocycles. The van der Waals surface area contributed by atoms with Crippen molar-refractivity contribution in [1.29, 1.82) is 0 Å². The molecule has 0 aliphatic rings. The fourth-order valence-corrected chi connectivity index (χ4v) is 1.43. The maximum absolute atomic E-state index is 11.9. The minimum absolute atomic E-state index is 0.0195. The molecule has 1 unspecified atom stereocenters. The van der Waals surface area contributed by atoms with Crippen molar-refractivity contribution in [2.75, 3.05) is 19.4 Å². The van der Waals surface area contributed by atoms with Gasteiger partial charge >= 0.3 is 5.97 Å². The minimum Gasteiger partial charge on any atom is -0.464 e. The third-order valence-corrected chi connectivity index (χ3v) is 2.60. The number of anilines is 1. The lowest BCUT2D eigenvalue weighted by atomic mass is 10.2. The summed E-state index contributed by atoms with van der Waals surface area (Å²) in [6.07, 6.45) is 1.45. The smallest absolute Gasteiger partial charge is 0.360 e. The molecule has 0 aliphatic heterocycles. The molecule has 0 aromatic carbocycles. The van der Waals surface area contributed by atoms with Crippen molar-refractivity contribution < 1.29 is 14.3 Å². The van der Waals surface area contributed by atoms with Crippen molar-refractivity contribution in [3.8, 4) is 0 Å². The average molecular weight is 268 g/mol. The normalized spacial score (nSPS) is 12.3. The van der Waals surface area contributed by atoms with E-state index in [-0.39, 0.29) is 17.3 Å². The summed E-state index contributed by atoms with van der Waals surface area (Å²) in [5.74, 6) is -0.428. The summed E-state index contributed by atoms with van der Waals surface area (Å²) in [6, 6.07) is -0.542. The third kappa shape index (κ3) is 3.70. The zero-order chi connectivity index (χ0) is 14.6. The van der Waals surface area contributed by atoms with Crippen LogP contribution in [0.4, 0.5) is 5.69 Å². The first-order chi connectivity index (χ1) is 8.86. The summed E-state index contributed by atoms with van der Waals surface area (Å²) in [4.78, 5) is 23.3. The molecule has 0 aliphatic carbocycles. The SMILES string of the molecule is COC(=O)c1nn(C(C)C(=O)NCC(C)C)cc1N. The number of aromatic nitrogens is 2. The van der Waals surface area contributed by atoms with E-state index in [0.717, 1.165) is 0 Å². The Morgan fingerprint density at radius 3 is 2.63 bits per heavy atom. The molecule has 0 saturated carbocycles. The van der Waals surface area contributed by atoms with Gasteiger partial charge in [0.1, 0.15) is 6.04 Å². The van der Waals surface area contributed by atoms with Gasteiger partial charge in [-0.1, -0.05) is 13.8 Å². The summed E-state index contributed by atoms with van der Waals surface area (Å²) in [5.41, 5.74) is 5.87. The van der Waals surface area contributed by atoms with E-state index in [9.17, 15) is 9.59 Å². The van der Waals surface area contributed by atoms with Crippen LogP contribution in [-0.2, 0) is 9.53 Å². The predicted octanol–water partition coefficient (Wildman–Crippen LogP) is 0.585. The molecule has 106 valence electrons. The van der Waals surface area contributed by atoms with Crippen LogP contribution in [0.1, 0.15) is 37.3 Å². The maximum atomic E-state index is 11.9. The second kappa shape index (κ2) is 6.21. The lowest BCUT2D eigenvalue weighted by Gasteiger charge is -2.13. The van der Waals surface area contributed by atoms with Gasteiger partial charge in [0.2, 0.25) is 5.91 Å². The Morgan fingerprint density at radius 1 is 1.47 bits per heavy atom. The van der Waals surface area contributed by atoms with Gasteiger partial charge < -0.3 is 15.8 Å². The number of amides is 1. The maximum Gasteiger partial charge on any atom is 0.360 e. The molecule has 0 bridgehead atoms. The Kier molecular flexibility index (Phi) is 4.91. The average Bonchev–Trinajstić information content (AvgIpc) is 2.76. The lowest BCUT2D eigenvalue weighted by molar-refractivity contribution is -0.124. The molecule has 0 spiro atoms. The van der Waals surface area contributed by atoms with E-state index in [2.05, 4.69) is 15.2 Å². The largest absolute Gasteiger partial charge is 0.464 e. The number of carbonyl (C=O) groups is 2. The zero-order valence-corrected chi connectivity index (χ0v) is 11.6. The number of carbonyl (C=O) groups excluding carboxylic acids is 2. The van der Waals surface area contributed by atoms with Crippen LogP contribution >= 0.6 is 0 Å². The van der Waals surface area contributed by atoms with Crippen LogP contribution in [-0.4, -0.2) is 35.3 Å².